The highest BCUT2D eigenvalue weighted by molar-refractivity contribution is 7.09. The first-order valence-corrected chi connectivity index (χ1v) is 9.06. The molecule has 1 N–H and O–H groups in total. The van der Waals surface area contributed by atoms with Crippen molar-refractivity contribution in [1.82, 2.24) is 14.3 Å². The third-order valence-corrected chi connectivity index (χ3v) is 4.81. The van der Waals surface area contributed by atoms with E-state index < -0.39 is 0 Å². The van der Waals surface area contributed by atoms with Crippen molar-refractivity contribution in [2.24, 2.45) is 0 Å². The fourth-order valence-electron chi connectivity index (χ4n) is 2.86. The van der Waals surface area contributed by atoms with Crippen LogP contribution in [0.5, 0.6) is 0 Å². The molecule has 3 heterocycles. The van der Waals surface area contributed by atoms with Gasteiger partial charge >= 0.3 is 0 Å². The Morgan fingerprint density at radius 1 is 1.08 bits per heavy atom. The standard InChI is InChI=1S/C18H19N5OS/c1-2-4-16(23-9-11-24-12-10-23)15(3-1)13-20-18-21-17(22-25-18)14-5-7-19-8-6-14/h1-8H,9-13H2,(H,20,21,22). The van der Waals surface area contributed by atoms with Crippen LogP contribution < -0.4 is 10.2 Å². The van der Waals surface area contributed by atoms with Gasteiger partial charge in [0, 0.05) is 54.8 Å². The van der Waals surface area contributed by atoms with E-state index in [2.05, 4.69) is 48.8 Å². The maximum Gasteiger partial charge on any atom is 0.203 e. The summed E-state index contributed by atoms with van der Waals surface area (Å²) in [5.74, 6) is 0.733. The third kappa shape index (κ3) is 3.78. The van der Waals surface area contributed by atoms with Crippen LogP contribution in [0.3, 0.4) is 0 Å². The van der Waals surface area contributed by atoms with Gasteiger partial charge in [0.05, 0.1) is 13.2 Å². The first kappa shape index (κ1) is 16.0. The van der Waals surface area contributed by atoms with Crippen LogP contribution >= 0.6 is 11.5 Å². The molecule has 0 aliphatic carbocycles. The zero-order valence-corrected chi connectivity index (χ0v) is 14.6. The van der Waals surface area contributed by atoms with Crippen molar-refractivity contribution in [3.63, 3.8) is 0 Å². The summed E-state index contributed by atoms with van der Waals surface area (Å²) in [4.78, 5) is 11.0. The molecule has 1 aliphatic rings. The molecule has 25 heavy (non-hydrogen) atoms. The van der Waals surface area contributed by atoms with Crippen LogP contribution in [-0.2, 0) is 11.3 Å². The predicted molar refractivity (Wildman–Crippen MR) is 99.9 cm³/mol. The lowest BCUT2D eigenvalue weighted by molar-refractivity contribution is 0.122. The second-order valence-electron chi connectivity index (χ2n) is 5.74. The summed E-state index contributed by atoms with van der Waals surface area (Å²) in [7, 11) is 0. The Balaban J connectivity index is 1.46. The molecular weight excluding hydrogens is 334 g/mol. The van der Waals surface area contributed by atoms with E-state index in [-0.39, 0.29) is 0 Å². The number of nitrogens with zero attached hydrogens (tertiary/aromatic N) is 4. The van der Waals surface area contributed by atoms with Gasteiger partial charge < -0.3 is 15.0 Å². The zero-order chi connectivity index (χ0) is 16.9. The summed E-state index contributed by atoms with van der Waals surface area (Å²) in [6.07, 6.45) is 3.50. The minimum absolute atomic E-state index is 0.721. The molecule has 0 radical (unpaired) electrons. The van der Waals surface area contributed by atoms with Crippen molar-refractivity contribution < 1.29 is 4.74 Å². The van der Waals surface area contributed by atoms with Gasteiger partial charge in [-0.3, -0.25) is 4.98 Å². The summed E-state index contributed by atoms with van der Waals surface area (Å²) < 4.78 is 9.88. The molecule has 0 spiro atoms. The first-order valence-electron chi connectivity index (χ1n) is 8.29. The molecule has 128 valence electrons. The van der Waals surface area contributed by atoms with Crippen molar-refractivity contribution in [2.75, 3.05) is 36.5 Å². The number of aromatic nitrogens is 3. The number of rotatable bonds is 5. The van der Waals surface area contributed by atoms with E-state index in [0.29, 0.717) is 0 Å². The second-order valence-corrected chi connectivity index (χ2v) is 6.49. The Bertz CT molecular complexity index is 817. The molecule has 0 bridgehead atoms. The Morgan fingerprint density at radius 2 is 1.88 bits per heavy atom. The van der Waals surface area contributed by atoms with Crippen molar-refractivity contribution >= 4 is 22.4 Å². The zero-order valence-electron chi connectivity index (χ0n) is 13.8. The van der Waals surface area contributed by atoms with Gasteiger partial charge in [0.1, 0.15) is 0 Å². The van der Waals surface area contributed by atoms with E-state index in [1.54, 1.807) is 12.4 Å². The SMILES string of the molecule is c1ccc(N2CCOCC2)c(CNc2nc(-c3ccncc3)ns2)c1. The minimum Gasteiger partial charge on any atom is -0.378 e. The van der Waals surface area contributed by atoms with Crippen LogP contribution in [0.2, 0.25) is 0 Å². The number of ether oxygens (including phenoxy) is 1. The topological polar surface area (TPSA) is 63.2 Å². The van der Waals surface area contributed by atoms with Crippen LogP contribution in [0, 0.1) is 0 Å². The molecule has 0 unspecified atom stereocenters. The molecule has 2 aromatic heterocycles. The summed E-state index contributed by atoms with van der Waals surface area (Å²) in [5, 5.41) is 4.22. The average molecular weight is 353 g/mol. The first-order chi connectivity index (χ1) is 12.4. The lowest BCUT2D eigenvalue weighted by Gasteiger charge is -2.30. The van der Waals surface area contributed by atoms with E-state index in [9.17, 15) is 0 Å². The predicted octanol–water partition coefficient (Wildman–Crippen LogP) is 3.05. The number of morpholine rings is 1. The van der Waals surface area contributed by atoms with Crippen LogP contribution in [0.15, 0.2) is 48.8 Å². The molecule has 0 atom stereocenters. The van der Waals surface area contributed by atoms with Crippen molar-refractivity contribution in [2.45, 2.75) is 6.54 Å². The van der Waals surface area contributed by atoms with E-state index in [0.717, 1.165) is 49.4 Å². The third-order valence-electron chi connectivity index (χ3n) is 4.14. The fraction of sp³-hybridized carbons (Fsp3) is 0.278. The van der Waals surface area contributed by atoms with Gasteiger partial charge in [0.25, 0.3) is 0 Å². The van der Waals surface area contributed by atoms with Crippen LogP contribution in [0.4, 0.5) is 10.8 Å². The molecule has 3 aromatic rings. The summed E-state index contributed by atoms with van der Waals surface area (Å²) in [5.41, 5.74) is 3.50. The van der Waals surface area contributed by atoms with E-state index in [1.165, 1.54) is 22.8 Å². The van der Waals surface area contributed by atoms with Gasteiger partial charge in [-0.15, -0.1) is 0 Å². The molecule has 1 aromatic carbocycles. The van der Waals surface area contributed by atoms with Gasteiger partial charge in [-0.2, -0.15) is 9.36 Å². The van der Waals surface area contributed by atoms with Gasteiger partial charge in [0.15, 0.2) is 5.82 Å². The van der Waals surface area contributed by atoms with Gasteiger partial charge in [-0.25, -0.2) is 0 Å². The lowest BCUT2D eigenvalue weighted by Crippen LogP contribution is -2.36. The Morgan fingerprint density at radius 3 is 2.72 bits per heavy atom. The second kappa shape index (κ2) is 7.58. The van der Waals surface area contributed by atoms with Gasteiger partial charge in [-0.1, -0.05) is 18.2 Å². The molecule has 1 aliphatic heterocycles. The largest absolute Gasteiger partial charge is 0.378 e. The van der Waals surface area contributed by atoms with Crippen LogP contribution in [-0.4, -0.2) is 40.6 Å². The number of hydrogen-bond acceptors (Lipinski definition) is 7. The van der Waals surface area contributed by atoms with Crippen LogP contribution in [0.25, 0.3) is 11.4 Å². The average Bonchev–Trinajstić information content (AvgIpc) is 3.17. The Hall–Kier alpha value is -2.51. The number of anilines is 2. The van der Waals surface area contributed by atoms with Gasteiger partial charge in [0.2, 0.25) is 5.13 Å². The highest BCUT2D eigenvalue weighted by atomic mass is 32.1. The highest BCUT2D eigenvalue weighted by Crippen LogP contribution is 2.24. The molecule has 7 heteroatoms. The molecule has 1 saturated heterocycles. The Kier molecular flexibility index (Phi) is 4.85. The lowest BCUT2D eigenvalue weighted by atomic mass is 10.1. The summed E-state index contributed by atoms with van der Waals surface area (Å²) >= 11 is 1.38. The molecule has 1 fully saturated rings. The maximum absolute atomic E-state index is 5.46. The van der Waals surface area contributed by atoms with E-state index in [4.69, 9.17) is 4.74 Å². The maximum atomic E-state index is 5.46. The minimum atomic E-state index is 0.721. The fourth-order valence-corrected chi connectivity index (χ4v) is 3.44. The van der Waals surface area contributed by atoms with Crippen molar-refractivity contribution in [1.29, 1.82) is 0 Å². The van der Waals surface area contributed by atoms with E-state index >= 15 is 0 Å². The highest BCUT2D eigenvalue weighted by Gasteiger charge is 2.14. The van der Waals surface area contributed by atoms with E-state index in [1.807, 2.05) is 12.1 Å². The van der Waals surface area contributed by atoms with Crippen molar-refractivity contribution in [3.05, 3.63) is 54.4 Å². The number of benzene rings is 1. The molecule has 6 nitrogen and oxygen atoms in total. The summed E-state index contributed by atoms with van der Waals surface area (Å²) in [6, 6.07) is 12.3. The van der Waals surface area contributed by atoms with Crippen molar-refractivity contribution in [3.8, 4) is 11.4 Å². The Labute approximate surface area is 150 Å². The molecule has 0 saturated carbocycles. The molecule has 0 amide bonds. The normalized spacial score (nSPS) is 14.5. The molecule has 4 rings (SSSR count). The number of nitrogens with one attached hydrogen (secondary N) is 1. The quantitative estimate of drug-likeness (QED) is 0.761. The smallest absolute Gasteiger partial charge is 0.203 e. The summed E-state index contributed by atoms with van der Waals surface area (Å²) in [6.45, 7) is 4.16. The van der Waals surface area contributed by atoms with Crippen LogP contribution in [0.1, 0.15) is 5.56 Å². The molecular formula is C18H19N5OS. The monoisotopic (exact) mass is 353 g/mol. The van der Waals surface area contributed by atoms with Gasteiger partial charge in [-0.05, 0) is 23.8 Å². The number of para-hydroxylation sites is 1. The number of hydrogen-bond donors (Lipinski definition) is 1. The number of pyridine rings is 1.